The van der Waals surface area contributed by atoms with Crippen LogP contribution in [0.25, 0.3) is 5.69 Å². The zero-order chi connectivity index (χ0) is 26.6. The normalized spacial score (nSPS) is 18.9. The van der Waals surface area contributed by atoms with E-state index in [0.717, 1.165) is 61.7 Å². The van der Waals surface area contributed by atoms with Gasteiger partial charge in [0.1, 0.15) is 17.2 Å². The minimum absolute atomic E-state index is 0.131. The molecule has 0 unspecified atom stereocenters. The molecule has 38 heavy (non-hydrogen) atoms. The van der Waals surface area contributed by atoms with Crippen LogP contribution in [0.4, 0.5) is 10.2 Å². The van der Waals surface area contributed by atoms with Crippen molar-refractivity contribution in [3.8, 4) is 11.4 Å². The zero-order valence-corrected chi connectivity index (χ0v) is 22.6. The molecule has 200 valence electrons. The van der Waals surface area contributed by atoms with Crippen LogP contribution in [-0.2, 0) is 17.9 Å². The molecule has 0 N–H and O–H groups in total. The van der Waals surface area contributed by atoms with Crippen LogP contribution in [0.1, 0.15) is 48.8 Å². The molecule has 0 radical (unpaired) electrons. The molecular weight excluding hydrogens is 509 g/mol. The number of carbonyl (C=O) groups is 1. The quantitative estimate of drug-likeness (QED) is 0.488. The Morgan fingerprint density at radius 2 is 1.92 bits per heavy atom. The van der Waals surface area contributed by atoms with Gasteiger partial charge in [0.2, 0.25) is 5.91 Å². The van der Waals surface area contributed by atoms with Gasteiger partial charge in [0.15, 0.2) is 17.4 Å². The van der Waals surface area contributed by atoms with Crippen molar-refractivity contribution in [2.75, 3.05) is 39.2 Å². The van der Waals surface area contributed by atoms with Crippen molar-refractivity contribution in [3.05, 3.63) is 58.5 Å². The van der Waals surface area contributed by atoms with Gasteiger partial charge in [-0.1, -0.05) is 11.6 Å². The van der Waals surface area contributed by atoms with E-state index in [2.05, 4.69) is 24.4 Å². The molecule has 2 fully saturated rings. The Morgan fingerprint density at radius 3 is 2.61 bits per heavy atom. The highest BCUT2D eigenvalue weighted by Crippen LogP contribution is 2.46. The topological polar surface area (TPSA) is 79.6 Å². The molecule has 2 aromatic heterocycles. The maximum Gasteiger partial charge on any atom is 0.242 e. The maximum atomic E-state index is 13.7. The van der Waals surface area contributed by atoms with Crippen molar-refractivity contribution in [1.82, 2.24) is 29.5 Å². The Balaban J connectivity index is 1.31. The number of amides is 1. The van der Waals surface area contributed by atoms with E-state index in [1.807, 2.05) is 32.3 Å². The molecule has 2 aliphatic heterocycles. The Hall–Kier alpha value is -3.24. The molecule has 4 heterocycles. The largest absolute Gasteiger partial charge is 0.493 e. The van der Waals surface area contributed by atoms with Crippen molar-refractivity contribution in [2.24, 2.45) is 0 Å². The summed E-state index contributed by atoms with van der Waals surface area (Å²) < 4.78 is 21.2. The highest BCUT2D eigenvalue weighted by Gasteiger charge is 2.56. The third-order valence-electron chi connectivity index (χ3n) is 8.04. The molecule has 3 aliphatic rings. The van der Waals surface area contributed by atoms with Crippen LogP contribution < -0.4 is 9.64 Å². The lowest BCUT2D eigenvalue weighted by molar-refractivity contribution is -0.136. The summed E-state index contributed by atoms with van der Waals surface area (Å²) in [5.74, 6) is 2.75. The lowest BCUT2D eigenvalue weighted by Gasteiger charge is -2.33. The van der Waals surface area contributed by atoms with E-state index >= 15 is 0 Å². The fraction of sp³-hybridized carbons (Fsp3) is 0.481. The molecule has 3 aromatic rings. The Labute approximate surface area is 226 Å². The fourth-order valence-electron chi connectivity index (χ4n) is 5.94. The summed E-state index contributed by atoms with van der Waals surface area (Å²) >= 11 is 6.44. The summed E-state index contributed by atoms with van der Waals surface area (Å²) in [7, 11) is 5.16. The van der Waals surface area contributed by atoms with Crippen molar-refractivity contribution in [3.63, 3.8) is 0 Å². The number of likely N-dealkylation sites (N-methyl/N-ethyl adjacent to an activating group) is 1. The van der Waals surface area contributed by atoms with Crippen LogP contribution >= 0.6 is 11.6 Å². The van der Waals surface area contributed by atoms with E-state index in [9.17, 15) is 9.18 Å². The monoisotopic (exact) mass is 539 g/mol. The van der Waals surface area contributed by atoms with Crippen molar-refractivity contribution in [1.29, 1.82) is 0 Å². The number of nitrogens with zero attached hydrogens (tertiary/aromatic N) is 7. The summed E-state index contributed by atoms with van der Waals surface area (Å²) in [6.45, 7) is 2.63. The lowest BCUT2D eigenvalue weighted by Crippen LogP contribution is -2.48. The number of pyridine rings is 1. The number of benzene rings is 1. The maximum absolute atomic E-state index is 13.7. The number of hydrogen-bond donors (Lipinski definition) is 0. The molecule has 11 heteroatoms. The predicted molar refractivity (Wildman–Crippen MR) is 141 cm³/mol. The summed E-state index contributed by atoms with van der Waals surface area (Å²) in [5, 5.41) is 10.0. The smallest absolute Gasteiger partial charge is 0.242 e. The van der Waals surface area contributed by atoms with Crippen molar-refractivity contribution in [2.45, 2.75) is 50.2 Å². The second kappa shape index (κ2) is 9.50. The van der Waals surface area contributed by atoms with E-state index in [1.54, 1.807) is 4.90 Å². The molecule has 1 aliphatic carbocycles. The van der Waals surface area contributed by atoms with E-state index in [4.69, 9.17) is 21.4 Å². The standard InChI is InChI=1S/C27H31ClFN7O2/c1-33(2)26(37)27(8-9-27)35-15-18-12-19(28)4-5-21(18)36-23(16-35)31-32-24(36)17-6-10-34(11-7-17)25-22(38-3)13-20(29)14-30-25/h4-5,12-14,17H,6-11,15-16H2,1-3H3. The highest BCUT2D eigenvalue weighted by atomic mass is 35.5. The van der Waals surface area contributed by atoms with E-state index in [1.165, 1.54) is 19.4 Å². The van der Waals surface area contributed by atoms with Gasteiger partial charge in [-0.15, -0.1) is 10.2 Å². The minimum atomic E-state index is -0.503. The first-order valence-electron chi connectivity index (χ1n) is 12.9. The molecule has 1 aromatic carbocycles. The van der Waals surface area contributed by atoms with Gasteiger partial charge in [-0.2, -0.15) is 0 Å². The van der Waals surface area contributed by atoms with Crippen LogP contribution in [-0.4, -0.2) is 75.3 Å². The molecular formula is C27H31ClFN7O2. The Bertz CT molecular complexity index is 1380. The van der Waals surface area contributed by atoms with Gasteiger partial charge in [0, 0.05) is 50.7 Å². The van der Waals surface area contributed by atoms with E-state index in [0.29, 0.717) is 29.7 Å². The number of fused-ring (bicyclic) bond motifs is 3. The number of halogens is 2. The molecule has 0 spiro atoms. The van der Waals surface area contributed by atoms with Crippen molar-refractivity contribution < 1.29 is 13.9 Å². The van der Waals surface area contributed by atoms with Crippen LogP contribution in [0.5, 0.6) is 5.75 Å². The summed E-state index contributed by atoms with van der Waals surface area (Å²) in [6.07, 6.45) is 4.58. The predicted octanol–water partition coefficient (Wildman–Crippen LogP) is 3.78. The molecule has 0 atom stereocenters. The minimum Gasteiger partial charge on any atom is -0.493 e. The van der Waals surface area contributed by atoms with Gasteiger partial charge in [-0.3, -0.25) is 14.3 Å². The molecule has 1 saturated carbocycles. The molecule has 6 rings (SSSR count). The van der Waals surface area contributed by atoms with Gasteiger partial charge in [-0.25, -0.2) is 9.37 Å². The average molecular weight is 540 g/mol. The van der Waals surface area contributed by atoms with Crippen LogP contribution in [0.2, 0.25) is 5.02 Å². The van der Waals surface area contributed by atoms with Crippen LogP contribution in [0.15, 0.2) is 30.5 Å². The highest BCUT2D eigenvalue weighted by molar-refractivity contribution is 6.30. The molecule has 0 bridgehead atoms. The van der Waals surface area contributed by atoms with E-state index < -0.39 is 11.4 Å². The Morgan fingerprint density at radius 1 is 1.16 bits per heavy atom. The summed E-state index contributed by atoms with van der Waals surface area (Å²) in [4.78, 5) is 23.5. The second-order valence-corrected chi connectivity index (χ2v) is 11.0. The summed E-state index contributed by atoms with van der Waals surface area (Å²) in [5.41, 5.74) is 1.58. The van der Waals surface area contributed by atoms with E-state index in [-0.39, 0.29) is 11.8 Å². The Kier molecular flexibility index (Phi) is 6.26. The third-order valence-corrected chi connectivity index (χ3v) is 8.28. The van der Waals surface area contributed by atoms with Crippen molar-refractivity contribution >= 4 is 23.3 Å². The first kappa shape index (κ1) is 25.1. The fourth-order valence-corrected chi connectivity index (χ4v) is 6.14. The summed E-state index contributed by atoms with van der Waals surface area (Å²) in [6, 6.07) is 7.30. The molecule has 9 nitrogen and oxygen atoms in total. The van der Waals surface area contributed by atoms with Crippen LogP contribution in [0, 0.1) is 5.82 Å². The lowest BCUT2D eigenvalue weighted by atomic mass is 9.95. The number of hydrogen-bond acceptors (Lipinski definition) is 7. The second-order valence-electron chi connectivity index (χ2n) is 10.6. The number of carbonyl (C=O) groups excluding carboxylic acids is 1. The van der Waals surface area contributed by atoms with Gasteiger partial charge in [0.25, 0.3) is 0 Å². The SMILES string of the molecule is COc1cc(F)cnc1N1CCC(c2nnc3n2-c2ccc(Cl)cc2CN(C2(C(=O)N(C)C)CC2)C3)CC1. The first-order valence-corrected chi connectivity index (χ1v) is 13.3. The zero-order valence-electron chi connectivity index (χ0n) is 21.8. The van der Waals surface area contributed by atoms with Gasteiger partial charge in [0.05, 0.1) is 25.5 Å². The number of aromatic nitrogens is 4. The number of piperidine rings is 1. The van der Waals surface area contributed by atoms with Crippen LogP contribution in [0.3, 0.4) is 0 Å². The first-order chi connectivity index (χ1) is 18.3. The number of methoxy groups -OCH3 is 1. The third kappa shape index (κ3) is 4.19. The molecule has 1 saturated heterocycles. The molecule has 1 amide bonds. The number of anilines is 1. The number of rotatable bonds is 5. The average Bonchev–Trinajstić information content (AvgIpc) is 3.65. The van der Waals surface area contributed by atoms with Gasteiger partial charge in [-0.05, 0) is 49.4 Å². The van der Waals surface area contributed by atoms with Gasteiger partial charge >= 0.3 is 0 Å². The van der Waals surface area contributed by atoms with Gasteiger partial charge < -0.3 is 14.5 Å². The number of ether oxygens (including phenoxy) is 1.